The fourth-order valence-corrected chi connectivity index (χ4v) is 8.77. The molecule has 4 rings (SSSR count). The molecular formula is C17H21InN4. The first-order valence-corrected chi connectivity index (χ1v) is 14.9. The molecule has 0 bridgehead atoms. The summed E-state index contributed by atoms with van der Waals surface area (Å²) in [5.74, 6) is 0. The molecule has 2 aromatic rings. The molecule has 0 aliphatic carbocycles. The molecule has 22 heavy (non-hydrogen) atoms. The maximum absolute atomic E-state index is 4.94. The van der Waals surface area contributed by atoms with Crippen LogP contribution in [0, 0.1) is 0 Å². The minimum absolute atomic E-state index is 0.652. The number of benzene rings is 1. The van der Waals surface area contributed by atoms with E-state index in [0.29, 0.717) is 3.67 Å². The zero-order valence-electron chi connectivity index (χ0n) is 13.0. The van der Waals surface area contributed by atoms with Gasteiger partial charge in [-0.25, -0.2) is 0 Å². The van der Waals surface area contributed by atoms with Crippen LogP contribution in [0.3, 0.4) is 0 Å². The number of anilines is 1. The van der Waals surface area contributed by atoms with Gasteiger partial charge in [0.25, 0.3) is 0 Å². The van der Waals surface area contributed by atoms with E-state index < -0.39 is 21.7 Å². The van der Waals surface area contributed by atoms with Crippen molar-refractivity contribution in [1.82, 2.24) is 10.3 Å². The van der Waals surface area contributed by atoms with Crippen molar-refractivity contribution >= 4 is 44.5 Å². The van der Waals surface area contributed by atoms with Crippen molar-refractivity contribution in [3.63, 3.8) is 0 Å². The normalized spacial score (nSPS) is 21.8. The molecule has 0 radical (unpaired) electrons. The van der Waals surface area contributed by atoms with E-state index in [4.69, 9.17) is 4.98 Å². The van der Waals surface area contributed by atoms with Gasteiger partial charge >= 0.3 is 140 Å². The van der Waals surface area contributed by atoms with Crippen molar-refractivity contribution in [3.8, 4) is 0 Å². The second-order valence-electron chi connectivity index (χ2n) is 6.26. The van der Waals surface area contributed by atoms with Crippen molar-refractivity contribution in [2.75, 3.05) is 31.1 Å². The van der Waals surface area contributed by atoms with Gasteiger partial charge in [-0.15, -0.1) is 0 Å². The minimum atomic E-state index is -1.71. The van der Waals surface area contributed by atoms with E-state index in [1.165, 1.54) is 16.8 Å². The molecule has 1 aromatic heterocycles. The first-order valence-electron chi connectivity index (χ1n) is 8.19. The topological polar surface area (TPSA) is 40.5 Å². The summed E-state index contributed by atoms with van der Waals surface area (Å²) >= 11 is -1.71. The van der Waals surface area contributed by atoms with E-state index >= 15 is 0 Å². The molecule has 4 nitrogen and oxygen atoms in total. The van der Waals surface area contributed by atoms with Crippen molar-refractivity contribution in [1.29, 1.82) is 0 Å². The molecule has 112 valence electrons. The number of piperazine rings is 1. The molecule has 0 spiro atoms. The standard InChI is InChI=1S/C16H18N4.CH3.In/c17-7-1-2-14-4-3-13-12-15(5-6-16(13)19-14)20-10-8-18-9-11-20;;/h2-7,12,18H,1,8-11H2;1H3;/q-1;;+1. The van der Waals surface area contributed by atoms with Crippen LogP contribution in [0.15, 0.2) is 33.3 Å². The van der Waals surface area contributed by atoms with E-state index in [0.717, 1.165) is 38.1 Å². The number of fused-ring (bicyclic) bond motifs is 1. The number of hydrogen-bond acceptors (Lipinski definition) is 4. The summed E-state index contributed by atoms with van der Waals surface area (Å²) in [6.07, 6.45) is 3.24. The summed E-state index contributed by atoms with van der Waals surface area (Å²) in [5, 5.41) is 4.66. The Bertz CT molecular complexity index is 709. The van der Waals surface area contributed by atoms with Crippen molar-refractivity contribution in [2.24, 2.45) is 2.98 Å². The Balaban J connectivity index is 1.64. The second kappa shape index (κ2) is 6.20. The number of nitrogens with one attached hydrogen (secondary N) is 1. The van der Waals surface area contributed by atoms with Crippen LogP contribution in [0.5, 0.6) is 0 Å². The molecule has 1 fully saturated rings. The van der Waals surface area contributed by atoms with Crippen molar-refractivity contribution in [2.45, 2.75) is 14.8 Å². The summed E-state index contributed by atoms with van der Waals surface area (Å²) in [4.78, 5) is 7.39. The van der Waals surface area contributed by atoms with Crippen LogP contribution in [-0.4, -0.2) is 59.1 Å². The third-order valence-corrected chi connectivity index (χ3v) is 11.9. The Morgan fingerprint density at radius 2 is 2.05 bits per heavy atom. The van der Waals surface area contributed by atoms with E-state index in [1.807, 2.05) is 0 Å². The second-order valence-corrected chi connectivity index (χ2v) is 13.6. The molecule has 0 saturated carbocycles. The predicted octanol–water partition coefficient (Wildman–Crippen LogP) is 2.36. The number of rotatable bonds is 2. The van der Waals surface area contributed by atoms with Crippen LogP contribution in [0.4, 0.5) is 5.69 Å². The third-order valence-electron chi connectivity index (χ3n) is 4.84. The van der Waals surface area contributed by atoms with E-state index in [9.17, 15) is 0 Å². The molecule has 5 heteroatoms. The molecule has 1 saturated heterocycles. The van der Waals surface area contributed by atoms with E-state index in [1.54, 1.807) is 0 Å². The Kier molecular flexibility index (Phi) is 4.09. The van der Waals surface area contributed by atoms with Gasteiger partial charge in [0, 0.05) is 0 Å². The Morgan fingerprint density at radius 1 is 1.18 bits per heavy atom. The van der Waals surface area contributed by atoms with Crippen LogP contribution < -0.4 is 10.2 Å². The average molecular weight is 396 g/mol. The molecule has 1 N–H and O–H groups in total. The number of nitrogens with zero attached hydrogens (tertiary/aromatic N) is 3. The Hall–Kier alpha value is -1.07. The van der Waals surface area contributed by atoms with Crippen LogP contribution in [-0.2, 0) is 0 Å². The Labute approximate surface area is 139 Å². The van der Waals surface area contributed by atoms with Crippen LogP contribution >= 0.6 is 0 Å². The van der Waals surface area contributed by atoms with Gasteiger partial charge in [-0.3, -0.25) is 0 Å². The summed E-state index contributed by atoms with van der Waals surface area (Å²) in [6, 6.07) is 11.2. The van der Waals surface area contributed by atoms with Crippen molar-refractivity contribution in [3.05, 3.63) is 36.0 Å². The molecule has 1 unspecified atom stereocenters. The van der Waals surface area contributed by atoms with Gasteiger partial charge in [-0.1, -0.05) is 0 Å². The number of hydrogen-bond donors (Lipinski definition) is 1. The average Bonchev–Trinajstić information content (AvgIpc) is 3.01. The number of aromatic nitrogens is 1. The maximum atomic E-state index is 4.94. The first kappa shape index (κ1) is 14.5. The first-order chi connectivity index (χ1) is 10.8. The van der Waals surface area contributed by atoms with Gasteiger partial charge in [0.05, 0.1) is 0 Å². The molecule has 2 aliphatic rings. The van der Waals surface area contributed by atoms with Crippen LogP contribution in [0.25, 0.3) is 10.9 Å². The summed E-state index contributed by atoms with van der Waals surface area (Å²) in [5.41, 5.74) is 3.71. The van der Waals surface area contributed by atoms with Crippen molar-refractivity contribution < 1.29 is 0 Å². The fourth-order valence-electron chi connectivity index (χ4n) is 3.46. The fraction of sp³-hybridized carbons (Fsp3) is 0.412. The molecule has 0 amide bonds. The van der Waals surface area contributed by atoms with Gasteiger partial charge in [0.15, 0.2) is 0 Å². The van der Waals surface area contributed by atoms with Gasteiger partial charge < -0.3 is 0 Å². The summed E-state index contributed by atoms with van der Waals surface area (Å²) < 4.78 is 7.72. The third kappa shape index (κ3) is 2.76. The predicted molar refractivity (Wildman–Crippen MR) is 94.3 cm³/mol. The van der Waals surface area contributed by atoms with Gasteiger partial charge in [-0.05, 0) is 0 Å². The zero-order chi connectivity index (χ0) is 14.9. The van der Waals surface area contributed by atoms with Crippen LogP contribution in [0.2, 0.25) is 4.68 Å². The molecular weight excluding hydrogens is 375 g/mol. The number of pyridine rings is 1. The zero-order valence-corrected chi connectivity index (χ0v) is 16.3. The molecule has 2 aliphatic heterocycles. The van der Waals surface area contributed by atoms with Gasteiger partial charge in [0.2, 0.25) is 0 Å². The van der Waals surface area contributed by atoms with Gasteiger partial charge in [0.1, 0.15) is 0 Å². The molecule has 1 aromatic carbocycles. The van der Waals surface area contributed by atoms with E-state index in [2.05, 4.69) is 54.4 Å². The quantitative estimate of drug-likeness (QED) is 0.848. The van der Waals surface area contributed by atoms with Crippen LogP contribution in [0.1, 0.15) is 15.8 Å². The molecule has 1 atom stereocenters. The Morgan fingerprint density at radius 3 is 2.82 bits per heavy atom. The molecule has 3 heterocycles. The summed E-state index contributed by atoms with van der Waals surface area (Å²) in [7, 11) is 0. The monoisotopic (exact) mass is 396 g/mol. The SMILES string of the molecule is [CH3][In]1[N]=CC[CH]1c1ccc2cc(N3CCNCC3)ccc2n1. The summed E-state index contributed by atoms with van der Waals surface area (Å²) in [6.45, 7) is 4.31. The van der Waals surface area contributed by atoms with Gasteiger partial charge in [-0.2, -0.15) is 0 Å². The van der Waals surface area contributed by atoms with E-state index in [-0.39, 0.29) is 0 Å².